The third-order valence-electron chi connectivity index (χ3n) is 6.21. The zero-order chi connectivity index (χ0) is 20.8. The smallest absolute Gasteiger partial charge is 0.258 e. The quantitative estimate of drug-likeness (QED) is 0.443. The number of aromatic nitrogens is 1. The number of ether oxygens (including phenoxy) is 1. The summed E-state index contributed by atoms with van der Waals surface area (Å²) in [5, 5.41) is 12.2. The molecular formula is C23H33NO3Si. The van der Waals surface area contributed by atoms with Crippen molar-refractivity contribution in [2.24, 2.45) is 0 Å². The van der Waals surface area contributed by atoms with Crippen molar-refractivity contribution in [3.8, 4) is 17.2 Å². The molecule has 5 heteroatoms. The van der Waals surface area contributed by atoms with Crippen molar-refractivity contribution < 1.29 is 14.3 Å². The number of rotatable bonds is 6. The van der Waals surface area contributed by atoms with E-state index in [1.54, 1.807) is 13.2 Å². The van der Waals surface area contributed by atoms with Crippen LogP contribution in [0.2, 0.25) is 16.6 Å². The van der Waals surface area contributed by atoms with Crippen LogP contribution in [0.3, 0.4) is 0 Å². The van der Waals surface area contributed by atoms with Crippen LogP contribution in [0, 0.1) is 6.92 Å². The molecule has 3 rings (SSSR count). The number of benzene rings is 2. The molecular weight excluding hydrogens is 366 g/mol. The number of hydrogen-bond acceptors (Lipinski definition) is 3. The highest BCUT2D eigenvalue weighted by molar-refractivity contribution is 6.78. The third kappa shape index (κ3) is 3.06. The summed E-state index contributed by atoms with van der Waals surface area (Å²) in [4.78, 5) is 3.43. The van der Waals surface area contributed by atoms with Crippen molar-refractivity contribution in [2.45, 2.75) is 65.1 Å². The fraction of sp³-hybridized carbons (Fsp3) is 0.478. The second-order valence-corrected chi connectivity index (χ2v) is 14.1. The van der Waals surface area contributed by atoms with Crippen molar-refractivity contribution in [1.82, 2.24) is 4.98 Å². The Labute approximate surface area is 169 Å². The molecule has 0 radical (unpaired) electrons. The molecule has 2 N–H and O–H groups in total. The standard InChI is InChI=1S/C23H33NO3Si/c1-13(2)28(14(3)4,15(5)6)27-21-10-9-17-18-11-16(7)20(25)12-19(18)24-22(17)23(21)26-8/h9-15,24-25H,1-8H3. The van der Waals surface area contributed by atoms with Crippen LogP contribution < -0.4 is 9.16 Å². The van der Waals surface area contributed by atoms with Crippen LogP contribution in [0.25, 0.3) is 21.8 Å². The monoisotopic (exact) mass is 399 g/mol. The fourth-order valence-corrected chi connectivity index (χ4v) is 10.1. The Kier molecular flexibility index (Phi) is 5.41. The first-order valence-electron chi connectivity index (χ1n) is 10.1. The third-order valence-corrected chi connectivity index (χ3v) is 12.2. The summed E-state index contributed by atoms with van der Waals surface area (Å²) in [6, 6.07) is 7.94. The van der Waals surface area contributed by atoms with Crippen molar-refractivity contribution in [2.75, 3.05) is 7.11 Å². The molecule has 0 aliphatic carbocycles. The summed E-state index contributed by atoms with van der Waals surface area (Å²) in [6.45, 7) is 15.6. The van der Waals surface area contributed by atoms with E-state index >= 15 is 0 Å². The second kappa shape index (κ2) is 7.36. The molecule has 3 aromatic rings. The average Bonchev–Trinajstić information content (AvgIpc) is 2.96. The lowest BCUT2D eigenvalue weighted by Gasteiger charge is -2.42. The van der Waals surface area contributed by atoms with E-state index in [1.165, 1.54) is 0 Å². The van der Waals surface area contributed by atoms with Gasteiger partial charge in [-0.1, -0.05) is 41.5 Å². The SMILES string of the molecule is COc1c(O[Si](C(C)C)(C(C)C)C(C)C)ccc2c1[nH]c1cc(O)c(C)cc12. The number of aryl methyl sites for hydroxylation is 1. The lowest BCUT2D eigenvalue weighted by molar-refractivity contribution is 0.387. The van der Waals surface area contributed by atoms with Gasteiger partial charge in [-0.05, 0) is 47.3 Å². The van der Waals surface area contributed by atoms with Crippen LogP contribution in [0.15, 0.2) is 24.3 Å². The molecule has 0 spiro atoms. The van der Waals surface area contributed by atoms with E-state index in [0.29, 0.717) is 22.4 Å². The maximum Gasteiger partial charge on any atom is 0.258 e. The molecule has 0 unspecified atom stereocenters. The number of fused-ring (bicyclic) bond motifs is 3. The molecule has 28 heavy (non-hydrogen) atoms. The van der Waals surface area contributed by atoms with Gasteiger partial charge >= 0.3 is 0 Å². The minimum absolute atomic E-state index is 0.292. The molecule has 1 heterocycles. The topological polar surface area (TPSA) is 54.5 Å². The first kappa shape index (κ1) is 20.6. The highest BCUT2D eigenvalue weighted by Gasteiger charge is 2.47. The Hall–Kier alpha value is -2.14. The predicted molar refractivity (Wildman–Crippen MR) is 120 cm³/mol. The Balaban J connectivity index is 2.23. The molecule has 0 saturated carbocycles. The summed E-state index contributed by atoms with van der Waals surface area (Å²) in [5.74, 6) is 1.84. The van der Waals surface area contributed by atoms with Crippen molar-refractivity contribution in [1.29, 1.82) is 0 Å². The molecule has 4 nitrogen and oxygen atoms in total. The molecule has 0 bridgehead atoms. The Morgan fingerprint density at radius 1 is 0.929 bits per heavy atom. The number of phenolic OH excluding ortho intramolecular Hbond substituents is 1. The summed E-state index contributed by atoms with van der Waals surface area (Å²) < 4.78 is 12.7. The van der Waals surface area contributed by atoms with Crippen LogP contribution in [-0.4, -0.2) is 25.5 Å². The predicted octanol–water partition coefficient (Wildman–Crippen LogP) is 6.90. The van der Waals surface area contributed by atoms with Crippen molar-refractivity contribution >= 4 is 30.1 Å². The van der Waals surface area contributed by atoms with Crippen molar-refractivity contribution in [3.63, 3.8) is 0 Å². The van der Waals surface area contributed by atoms with Gasteiger partial charge in [0.05, 0.1) is 18.1 Å². The van der Waals surface area contributed by atoms with Gasteiger partial charge < -0.3 is 19.3 Å². The number of aromatic hydroxyl groups is 1. The van der Waals surface area contributed by atoms with E-state index in [2.05, 4.69) is 52.6 Å². The van der Waals surface area contributed by atoms with Crippen LogP contribution >= 0.6 is 0 Å². The highest BCUT2D eigenvalue weighted by atomic mass is 28.4. The van der Waals surface area contributed by atoms with Gasteiger partial charge in [0.2, 0.25) is 0 Å². The molecule has 0 fully saturated rings. The van der Waals surface area contributed by atoms with Crippen LogP contribution in [0.1, 0.15) is 47.1 Å². The second-order valence-electron chi connectivity index (χ2n) is 8.75. The fourth-order valence-electron chi connectivity index (χ4n) is 4.90. The van der Waals surface area contributed by atoms with Gasteiger partial charge in [0.25, 0.3) is 8.32 Å². The maximum absolute atomic E-state index is 10.1. The Bertz CT molecular complexity index is 982. The zero-order valence-corrected chi connectivity index (χ0v) is 19.3. The normalized spacial score (nSPS) is 12.7. The van der Waals surface area contributed by atoms with Crippen LogP contribution in [0.5, 0.6) is 17.2 Å². The summed E-state index contributed by atoms with van der Waals surface area (Å²) >= 11 is 0. The molecule has 1 aromatic heterocycles. The van der Waals surface area contributed by atoms with E-state index in [0.717, 1.165) is 38.9 Å². The van der Waals surface area contributed by atoms with Gasteiger partial charge in [0, 0.05) is 16.8 Å². The maximum atomic E-state index is 10.1. The van der Waals surface area contributed by atoms with Gasteiger partial charge in [-0.15, -0.1) is 0 Å². The molecule has 152 valence electrons. The highest BCUT2D eigenvalue weighted by Crippen LogP contribution is 2.47. The molecule has 0 atom stereocenters. The summed E-state index contributed by atoms with van der Waals surface area (Å²) in [7, 11) is -0.401. The van der Waals surface area contributed by atoms with E-state index in [1.807, 2.05) is 19.1 Å². The molecule has 0 amide bonds. The zero-order valence-electron chi connectivity index (χ0n) is 18.3. The molecule has 2 aromatic carbocycles. The number of aromatic amines is 1. The molecule has 0 aliphatic heterocycles. The Morgan fingerprint density at radius 2 is 1.54 bits per heavy atom. The summed E-state index contributed by atoms with van der Waals surface area (Å²) in [6.07, 6.45) is 0. The largest absolute Gasteiger partial charge is 0.540 e. The van der Waals surface area contributed by atoms with E-state index in [-0.39, 0.29) is 0 Å². The van der Waals surface area contributed by atoms with Crippen LogP contribution in [0.4, 0.5) is 0 Å². The van der Waals surface area contributed by atoms with Gasteiger partial charge in [-0.2, -0.15) is 0 Å². The van der Waals surface area contributed by atoms with E-state index < -0.39 is 8.32 Å². The number of H-pyrrole nitrogens is 1. The number of phenols is 1. The van der Waals surface area contributed by atoms with Gasteiger partial charge in [0.1, 0.15) is 11.5 Å². The number of nitrogens with one attached hydrogen (secondary N) is 1. The number of hydrogen-bond donors (Lipinski definition) is 2. The lowest BCUT2D eigenvalue weighted by atomic mass is 10.1. The molecule has 0 aliphatic rings. The van der Waals surface area contributed by atoms with E-state index in [9.17, 15) is 5.11 Å². The minimum Gasteiger partial charge on any atom is -0.540 e. The first-order valence-corrected chi connectivity index (χ1v) is 12.3. The summed E-state index contributed by atoms with van der Waals surface area (Å²) in [5.41, 5.74) is 4.12. The van der Waals surface area contributed by atoms with Gasteiger partial charge in [0.15, 0.2) is 5.75 Å². The Morgan fingerprint density at radius 3 is 2.07 bits per heavy atom. The van der Waals surface area contributed by atoms with Gasteiger partial charge in [-0.25, -0.2) is 0 Å². The van der Waals surface area contributed by atoms with Gasteiger partial charge in [-0.3, -0.25) is 0 Å². The first-order chi connectivity index (χ1) is 13.1. The van der Waals surface area contributed by atoms with Crippen molar-refractivity contribution in [3.05, 3.63) is 29.8 Å². The lowest BCUT2D eigenvalue weighted by Crippen LogP contribution is -2.50. The van der Waals surface area contributed by atoms with E-state index in [4.69, 9.17) is 9.16 Å². The minimum atomic E-state index is -2.09. The average molecular weight is 400 g/mol. The number of methoxy groups -OCH3 is 1. The molecule has 0 saturated heterocycles. The van der Waals surface area contributed by atoms with Crippen LogP contribution in [-0.2, 0) is 0 Å².